The van der Waals surface area contributed by atoms with Crippen LogP contribution in [0, 0.1) is 5.92 Å². The van der Waals surface area contributed by atoms with Crippen molar-refractivity contribution in [1.29, 1.82) is 0 Å². The summed E-state index contributed by atoms with van der Waals surface area (Å²) in [5.41, 5.74) is 0. The first kappa shape index (κ1) is 17.2. The van der Waals surface area contributed by atoms with Crippen LogP contribution in [0.5, 0.6) is 0 Å². The van der Waals surface area contributed by atoms with Crippen LogP contribution in [-0.2, 0) is 19.4 Å². The molecule has 2 aliphatic heterocycles. The van der Waals surface area contributed by atoms with Crippen LogP contribution < -0.4 is 5.32 Å². The normalized spacial score (nSPS) is 25.4. The summed E-state index contributed by atoms with van der Waals surface area (Å²) in [5.74, 6) is -0.313. The summed E-state index contributed by atoms with van der Waals surface area (Å²) >= 11 is 0. The Morgan fingerprint density at radius 3 is 2.32 bits per heavy atom. The molecule has 0 radical (unpaired) electrons. The van der Waals surface area contributed by atoms with E-state index in [0.717, 1.165) is 0 Å². The second kappa shape index (κ2) is 6.95. The van der Waals surface area contributed by atoms with Gasteiger partial charge in [-0.3, -0.25) is 14.5 Å². The van der Waals surface area contributed by atoms with E-state index in [1.165, 1.54) is 0 Å². The third kappa shape index (κ3) is 4.67. The smallest absolute Gasteiger partial charge is 0.234 e. The predicted octanol–water partition coefficient (Wildman–Crippen LogP) is -0.910. The van der Waals surface area contributed by atoms with E-state index in [1.54, 1.807) is 4.90 Å². The molecule has 0 saturated carbocycles. The van der Waals surface area contributed by atoms with E-state index in [1.807, 2.05) is 18.7 Å². The lowest BCUT2D eigenvalue weighted by Crippen LogP contribution is -2.52. The van der Waals surface area contributed by atoms with E-state index in [2.05, 4.69) is 5.32 Å². The molecule has 8 heteroatoms. The zero-order valence-corrected chi connectivity index (χ0v) is 14.1. The van der Waals surface area contributed by atoms with Crippen molar-refractivity contribution < 1.29 is 18.0 Å². The van der Waals surface area contributed by atoms with Gasteiger partial charge in [0.05, 0.1) is 24.0 Å². The number of carbonyl (C=O) groups excluding carboxylic acids is 2. The van der Waals surface area contributed by atoms with Crippen molar-refractivity contribution in [3.63, 3.8) is 0 Å². The van der Waals surface area contributed by atoms with Gasteiger partial charge in [-0.15, -0.1) is 0 Å². The van der Waals surface area contributed by atoms with E-state index in [9.17, 15) is 18.0 Å². The Morgan fingerprint density at radius 1 is 1.18 bits per heavy atom. The van der Waals surface area contributed by atoms with Gasteiger partial charge in [-0.25, -0.2) is 8.42 Å². The van der Waals surface area contributed by atoms with Gasteiger partial charge < -0.3 is 10.2 Å². The van der Waals surface area contributed by atoms with Crippen LogP contribution in [0.15, 0.2) is 0 Å². The van der Waals surface area contributed by atoms with Crippen molar-refractivity contribution in [3.05, 3.63) is 0 Å². The number of hydrogen-bond acceptors (Lipinski definition) is 5. The van der Waals surface area contributed by atoms with E-state index in [-0.39, 0.29) is 35.3 Å². The van der Waals surface area contributed by atoms with Gasteiger partial charge >= 0.3 is 0 Å². The van der Waals surface area contributed by atoms with Gasteiger partial charge in [-0.05, 0) is 20.3 Å². The molecule has 0 bridgehead atoms. The fourth-order valence-electron chi connectivity index (χ4n) is 2.95. The minimum absolute atomic E-state index is 0.00309. The molecular weight excluding hydrogens is 306 g/mol. The summed E-state index contributed by atoms with van der Waals surface area (Å²) in [5, 5.41) is 2.85. The average molecular weight is 331 g/mol. The van der Waals surface area contributed by atoms with Crippen LogP contribution in [0.2, 0.25) is 0 Å². The molecule has 0 spiro atoms. The van der Waals surface area contributed by atoms with Gasteiger partial charge in [0, 0.05) is 32.2 Å². The largest absolute Gasteiger partial charge is 0.353 e. The fourth-order valence-corrected chi connectivity index (χ4v) is 4.68. The second-order valence-corrected chi connectivity index (χ2v) is 8.65. The van der Waals surface area contributed by atoms with Gasteiger partial charge in [0.2, 0.25) is 11.8 Å². The fraction of sp³-hybridized carbons (Fsp3) is 0.857. The lowest BCUT2D eigenvalue weighted by molar-refractivity contribution is -0.136. The zero-order chi connectivity index (χ0) is 16.3. The van der Waals surface area contributed by atoms with Crippen molar-refractivity contribution in [2.75, 3.05) is 44.2 Å². The first-order valence-corrected chi connectivity index (χ1v) is 9.60. The maximum absolute atomic E-state index is 12.3. The lowest BCUT2D eigenvalue weighted by Gasteiger charge is -2.35. The van der Waals surface area contributed by atoms with Gasteiger partial charge in [-0.2, -0.15) is 0 Å². The Hall–Kier alpha value is -1.15. The number of amides is 2. The monoisotopic (exact) mass is 331 g/mol. The molecule has 0 aromatic heterocycles. The molecule has 2 rings (SSSR count). The minimum atomic E-state index is -3.03. The van der Waals surface area contributed by atoms with E-state index >= 15 is 0 Å². The summed E-state index contributed by atoms with van der Waals surface area (Å²) < 4.78 is 22.9. The number of sulfone groups is 1. The van der Waals surface area contributed by atoms with Gasteiger partial charge in [-0.1, -0.05) is 0 Å². The maximum atomic E-state index is 12.3. The molecule has 7 nitrogen and oxygen atoms in total. The van der Waals surface area contributed by atoms with Crippen LogP contribution in [-0.4, -0.2) is 80.3 Å². The highest BCUT2D eigenvalue weighted by Crippen LogP contribution is 2.21. The highest BCUT2D eigenvalue weighted by Gasteiger charge is 2.36. The Balaban J connectivity index is 1.77. The summed E-state index contributed by atoms with van der Waals surface area (Å²) in [7, 11) is -3.03. The van der Waals surface area contributed by atoms with Crippen molar-refractivity contribution >= 4 is 21.7 Å². The second-order valence-electron chi connectivity index (χ2n) is 6.42. The molecular formula is C14H25N3O4S. The Labute approximate surface area is 131 Å². The van der Waals surface area contributed by atoms with Crippen molar-refractivity contribution in [1.82, 2.24) is 15.1 Å². The Bertz CT molecular complexity index is 524. The Morgan fingerprint density at radius 2 is 1.82 bits per heavy atom. The standard InChI is InChI=1S/C14H25N3O4S/c1-11(2)15-13(18)9-16-4-6-17(7-5-16)14(19)12-3-8-22(20,21)10-12/h11-12H,3-10H2,1-2H3,(H,15,18). The maximum Gasteiger partial charge on any atom is 0.234 e. The number of hydrogen-bond donors (Lipinski definition) is 1. The summed E-state index contributed by atoms with van der Waals surface area (Å²) in [6.45, 7) is 6.61. The quantitative estimate of drug-likeness (QED) is 0.721. The third-order valence-corrected chi connectivity index (χ3v) is 5.85. The molecule has 2 amide bonds. The molecule has 22 heavy (non-hydrogen) atoms. The highest BCUT2D eigenvalue weighted by molar-refractivity contribution is 7.91. The average Bonchev–Trinajstić information content (AvgIpc) is 2.78. The van der Waals surface area contributed by atoms with Crippen LogP contribution in [0.3, 0.4) is 0 Å². The summed E-state index contributed by atoms with van der Waals surface area (Å²) in [4.78, 5) is 27.8. The Kier molecular flexibility index (Phi) is 5.44. The lowest BCUT2D eigenvalue weighted by atomic mass is 10.1. The van der Waals surface area contributed by atoms with E-state index in [4.69, 9.17) is 0 Å². The predicted molar refractivity (Wildman–Crippen MR) is 83.1 cm³/mol. The molecule has 1 N–H and O–H groups in total. The zero-order valence-electron chi connectivity index (χ0n) is 13.2. The molecule has 0 aliphatic carbocycles. The molecule has 1 unspecified atom stereocenters. The van der Waals surface area contributed by atoms with Gasteiger partial charge in [0.25, 0.3) is 0 Å². The molecule has 126 valence electrons. The van der Waals surface area contributed by atoms with Gasteiger partial charge in [0.15, 0.2) is 9.84 Å². The summed E-state index contributed by atoms with van der Waals surface area (Å²) in [6, 6.07) is 0.125. The number of piperazine rings is 1. The van der Waals surface area contributed by atoms with Gasteiger partial charge in [0.1, 0.15) is 0 Å². The van der Waals surface area contributed by atoms with Crippen LogP contribution in [0.1, 0.15) is 20.3 Å². The topological polar surface area (TPSA) is 86.8 Å². The number of nitrogens with zero attached hydrogens (tertiary/aromatic N) is 2. The highest BCUT2D eigenvalue weighted by atomic mass is 32.2. The van der Waals surface area contributed by atoms with E-state index in [0.29, 0.717) is 39.1 Å². The van der Waals surface area contributed by atoms with Crippen molar-refractivity contribution in [2.45, 2.75) is 26.3 Å². The van der Waals surface area contributed by atoms with Crippen LogP contribution in [0.4, 0.5) is 0 Å². The molecule has 0 aromatic carbocycles. The third-order valence-electron chi connectivity index (χ3n) is 4.08. The first-order valence-electron chi connectivity index (χ1n) is 7.78. The number of carbonyl (C=O) groups is 2. The van der Waals surface area contributed by atoms with Crippen molar-refractivity contribution in [2.24, 2.45) is 5.92 Å². The molecule has 0 aromatic rings. The van der Waals surface area contributed by atoms with E-state index < -0.39 is 9.84 Å². The molecule has 1 atom stereocenters. The molecule has 2 aliphatic rings. The minimum Gasteiger partial charge on any atom is -0.353 e. The van der Waals surface area contributed by atoms with Crippen LogP contribution in [0.25, 0.3) is 0 Å². The summed E-state index contributed by atoms with van der Waals surface area (Å²) in [6.07, 6.45) is 0.443. The molecule has 2 heterocycles. The molecule has 2 saturated heterocycles. The first-order chi connectivity index (χ1) is 10.3. The molecule has 2 fully saturated rings. The van der Waals surface area contributed by atoms with Crippen LogP contribution >= 0.6 is 0 Å². The number of nitrogens with one attached hydrogen (secondary N) is 1. The number of rotatable bonds is 4. The SMILES string of the molecule is CC(C)NC(=O)CN1CCN(C(=O)C2CCS(=O)(=O)C2)CC1. The van der Waals surface area contributed by atoms with Crippen molar-refractivity contribution in [3.8, 4) is 0 Å².